The van der Waals surface area contributed by atoms with Crippen LogP contribution in [0.4, 0.5) is 5.69 Å². The molecule has 44 heavy (non-hydrogen) atoms. The van der Waals surface area contributed by atoms with Crippen LogP contribution in [0.15, 0.2) is 78.9 Å². The third-order valence-electron chi connectivity index (χ3n) is 7.69. The maximum Gasteiger partial charge on any atom is 0.325 e. The predicted octanol–water partition coefficient (Wildman–Crippen LogP) is 4.40. The van der Waals surface area contributed by atoms with Gasteiger partial charge in [-0.05, 0) is 61.1 Å². The number of sulfonamides is 1. The smallest absolute Gasteiger partial charge is 0.325 e. The van der Waals surface area contributed by atoms with Crippen LogP contribution in [0.25, 0.3) is 0 Å². The number of carbonyl (C=O) groups excluding carboxylic acids is 3. The van der Waals surface area contributed by atoms with E-state index >= 15 is 0 Å². The lowest BCUT2D eigenvalue weighted by atomic mass is 9.89. The molecule has 0 aliphatic carbocycles. The molecule has 0 aromatic heterocycles. The van der Waals surface area contributed by atoms with Crippen molar-refractivity contribution in [2.75, 3.05) is 31.3 Å². The molecule has 0 unspecified atom stereocenters. The topological polar surface area (TPSA) is 130 Å². The summed E-state index contributed by atoms with van der Waals surface area (Å²) < 4.78 is 30.7. The van der Waals surface area contributed by atoms with Gasteiger partial charge in [-0.15, -0.1) is 0 Å². The van der Waals surface area contributed by atoms with Gasteiger partial charge in [-0.3, -0.25) is 18.7 Å². The molecule has 3 rings (SSSR count). The average Bonchev–Trinajstić information content (AvgIpc) is 3.00. The Labute approximate surface area is 260 Å². The Morgan fingerprint density at radius 2 is 1.43 bits per heavy atom. The molecular weight excluding hydrogens is 580 g/mol. The number of nitrogens with zero attached hydrogens (tertiary/aromatic N) is 1. The van der Waals surface area contributed by atoms with E-state index in [-0.39, 0.29) is 59.6 Å². The van der Waals surface area contributed by atoms with Gasteiger partial charge in [0.15, 0.2) is 11.6 Å². The molecule has 0 aliphatic rings. The number of anilines is 1. The number of hydrogen-bond donors (Lipinski definition) is 2. The van der Waals surface area contributed by atoms with Gasteiger partial charge >= 0.3 is 5.97 Å². The van der Waals surface area contributed by atoms with E-state index in [1.165, 1.54) is 39.3 Å². The van der Waals surface area contributed by atoms with E-state index in [2.05, 4.69) is 5.32 Å². The number of hydrogen-bond acceptors (Lipinski definition) is 8. The molecular formula is C34H42N2O7S. The molecule has 0 heterocycles. The van der Waals surface area contributed by atoms with Gasteiger partial charge in [0.1, 0.15) is 6.04 Å². The summed E-state index contributed by atoms with van der Waals surface area (Å²) >= 11 is 0. The zero-order chi connectivity index (χ0) is 32.4. The van der Waals surface area contributed by atoms with Gasteiger partial charge in [0.05, 0.1) is 25.2 Å². The summed E-state index contributed by atoms with van der Waals surface area (Å²) in [7, 11) is -1.05. The number of ether oxygens (including phenoxy) is 1. The fourth-order valence-electron chi connectivity index (χ4n) is 5.02. The van der Waals surface area contributed by atoms with Crippen molar-refractivity contribution in [3.63, 3.8) is 0 Å². The highest BCUT2D eigenvalue weighted by molar-refractivity contribution is 7.92. The van der Waals surface area contributed by atoms with Crippen molar-refractivity contribution < 1.29 is 32.6 Å². The summed E-state index contributed by atoms with van der Waals surface area (Å²) in [6.45, 7) is 3.64. The Kier molecular flexibility index (Phi) is 12.4. The molecule has 3 aromatic rings. The number of ketones is 2. The van der Waals surface area contributed by atoms with Crippen LogP contribution in [-0.2, 0) is 26.0 Å². The highest BCUT2D eigenvalue weighted by atomic mass is 32.2. The van der Waals surface area contributed by atoms with Crippen molar-refractivity contribution in [3.8, 4) is 0 Å². The van der Waals surface area contributed by atoms with Crippen LogP contribution in [0.2, 0.25) is 0 Å². The standard InChI is InChI=1S/C34H42N2O7S/c1-23(27-14-10-7-11-15-27)16-31(38)28-19-29(21-30(20-28)36(3)44(5,41)42)32(39)18-26(17-25-12-8-6-9-13-25)22-35-33(24(2)37)34(40)43-4/h6-15,19-21,23-24,26,33,35,37H,16-18,22H2,1-5H3/t23-,24+,26+,33+/m0/s1. The van der Waals surface area contributed by atoms with Crippen molar-refractivity contribution in [2.24, 2.45) is 5.92 Å². The Bertz CT molecular complexity index is 1530. The van der Waals surface area contributed by atoms with E-state index < -0.39 is 28.1 Å². The van der Waals surface area contributed by atoms with Crippen molar-refractivity contribution in [2.45, 2.75) is 51.2 Å². The lowest BCUT2D eigenvalue weighted by Crippen LogP contribution is -2.47. The maximum absolute atomic E-state index is 13.8. The van der Waals surface area contributed by atoms with E-state index in [4.69, 9.17) is 4.74 Å². The summed E-state index contributed by atoms with van der Waals surface area (Å²) in [4.78, 5) is 39.5. The third kappa shape index (κ3) is 9.83. The number of benzene rings is 3. The number of esters is 1. The first-order valence-electron chi connectivity index (χ1n) is 14.5. The second-order valence-corrected chi connectivity index (χ2v) is 13.3. The number of nitrogens with one attached hydrogen (secondary N) is 1. The number of aliphatic hydroxyl groups is 1. The van der Waals surface area contributed by atoms with Crippen LogP contribution in [0.5, 0.6) is 0 Å². The van der Waals surface area contributed by atoms with Crippen LogP contribution in [0.1, 0.15) is 64.4 Å². The minimum atomic E-state index is -3.67. The van der Waals surface area contributed by atoms with E-state index in [1.807, 2.05) is 67.6 Å². The first-order chi connectivity index (χ1) is 20.8. The Balaban J connectivity index is 1.93. The van der Waals surface area contributed by atoms with Gasteiger partial charge in [0.2, 0.25) is 10.0 Å². The Morgan fingerprint density at radius 1 is 0.886 bits per heavy atom. The number of methoxy groups -OCH3 is 1. The van der Waals surface area contributed by atoms with Crippen LogP contribution >= 0.6 is 0 Å². The van der Waals surface area contributed by atoms with Crippen LogP contribution in [-0.4, -0.2) is 70.2 Å². The SMILES string of the molecule is COC(=O)[C@H](NC[C@@H](CC(=O)c1cc(C(=O)C[C@H](C)c2ccccc2)cc(N(C)S(C)(=O)=O)c1)Cc1ccccc1)[C@@H](C)O. The van der Waals surface area contributed by atoms with Gasteiger partial charge in [-0.2, -0.15) is 0 Å². The molecule has 9 nitrogen and oxygen atoms in total. The molecule has 0 fully saturated rings. The predicted molar refractivity (Wildman–Crippen MR) is 172 cm³/mol. The van der Waals surface area contributed by atoms with Gasteiger partial charge in [0, 0.05) is 31.0 Å². The minimum absolute atomic E-state index is 0.0374. The second-order valence-electron chi connectivity index (χ2n) is 11.3. The third-order valence-corrected chi connectivity index (χ3v) is 8.89. The zero-order valence-electron chi connectivity index (χ0n) is 25.9. The molecule has 0 radical (unpaired) electrons. The average molecular weight is 623 g/mol. The van der Waals surface area contributed by atoms with Gasteiger partial charge in [-0.25, -0.2) is 8.42 Å². The van der Waals surface area contributed by atoms with Gasteiger partial charge in [-0.1, -0.05) is 67.6 Å². The number of Topliss-reactive ketones (excluding diaryl/α,β-unsaturated/α-hetero) is 2. The summed E-state index contributed by atoms with van der Waals surface area (Å²) in [6.07, 6.45) is 0.748. The minimum Gasteiger partial charge on any atom is -0.468 e. The largest absolute Gasteiger partial charge is 0.468 e. The van der Waals surface area contributed by atoms with Crippen molar-refractivity contribution >= 4 is 33.2 Å². The molecule has 0 saturated carbocycles. The Morgan fingerprint density at radius 3 is 1.95 bits per heavy atom. The highest BCUT2D eigenvalue weighted by Crippen LogP contribution is 2.27. The molecule has 0 aliphatic heterocycles. The summed E-state index contributed by atoms with van der Waals surface area (Å²) in [6, 6.07) is 22.7. The fourth-order valence-corrected chi connectivity index (χ4v) is 5.51. The molecule has 2 N–H and O–H groups in total. The first-order valence-corrected chi connectivity index (χ1v) is 16.4. The number of carbonyl (C=O) groups is 3. The first kappa shape index (κ1) is 34.6. The van der Waals surface area contributed by atoms with Crippen LogP contribution < -0.4 is 9.62 Å². The van der Waals surface area contributed by atoms with Crippen molar-refractivity contribution in [1.29, 1.82) is 0 Å². The molecule has 3 aromatic carbocycles. The van der Waals surface area contributed by atoms with E-state index in [1.54, 1.807) is 0 Å². The maximum atomic E-state index is 13.8. The summed E-state index contributed by atoms with van der Waals surface area (Å²) in [5.41, 5.74) is 2.66. The van der Waals surface area contributed by atoms with Gasteiger partial charge in [0.25, 0.3) is 0 Å². The number of aliphatic hydroxyl groups excluding tert-OH is 1. The van der Waals surface area contributed by atoms with Crippen LogP contribution in [0, 0.1) is 5.92 Å². The molecule has 4 atom stereocenters. The Hall–Kier alpha value is -3.86. The molecule has 10 heteroatoms. The van der Waals surface area contributed by atoms with Crippen LogP contribution in [0.3, 0.4) is 0 Å². The lowest BCUT2D eigenvalue weighted by molar-refractivity contribution is -0.145. The normalized spacial score (nSPS) is 14.2. The number of rotatable bonds is 16. The fraction of sp³-hybridized carbons (Fsp3) is 0.382. The highest BCUT2D eigenvalue weighted by Gasteiger charge is 2.27. The van der Waals surface area contributed by atoms with Gasteiger partial charge < -0.3 is 15.2 Å². The molecule has 0 saturated heterocycles. The quantitative estimate of drug-likeness (QED) is 0.178. The van der Waals surface area contributed by atoms with Crippen molar-refractivity contribution in [3.05, 3.63) is 101 Å². The van der Waals surface area contributed by atoms with Crippen molar-refractivity contribution in [1.82, 2.24) is 5.32 Å². The molecule has 0 bridgehead atoms. The molecule has 236 valence electrons. The molecule has 0 amide bonds. The van der Waals surface area contributed by atoms with E-state index in [0.29, 0.717) is 6.42 Å². The zero-order valence-corrected chi connectivity index (χ0v) is 26.7. The van der Waals surface area contributed by atoms with E-state index in [9.17, 15) is 27.9 Å². The van der Waals surface area contributed by atoms with E-state index in [0.717, 1.165) is 21.7 Å². The second kappa shape index (κ2) is 15.7. The monoisotopic (exact) mass is 622 g/mol. The summed E-state index contributed by atoms with van der Waals surface area (Å²) in [5.74, 6) is -1.50. The summed E-state index contributed by atoms with van der Waals surface area (Å²) in [5, 5.41) is 13.2. The lowest BCUT2D eigenvalue weighted by Gasteiger charge is -2.24. The molecule has 0 spiro atoms.